The van der Waals surface area contributed by atoms with Gasteiger partial charge in [-0.05, 0) is 49.9 Å². The lowest BCUT2D eigenvalue weighted by molar-refractivity contribution is -0.0106. The predicted octanol–water partition coefficient (Wildman–Crippen LogP) is 5.98. The highest BCUT2D eigenvalue weighted by Gasteiger charge is 2.39. The van der Waals surface area contributed by atoms with Gasteiger partial charge in [-0.3, -0.25) is 4.90 Å². The molecule has 1 saturated heterocycles. The van der Waals surface area contributed by atoms with Gasteiger partial charge in [0.25, 0.3) is 0 Å². The molecule has 2 heterocycles. The summed E-state index contributed by atoms with van der Waals surface area (Å²) in [7, 11) is 6.11. The van der Waals surface area contributed by atoms with E-state index in [1.54, 1.807) is 18.4 Å². The quantitative estimate of drug-likeness (QED) is 0.597. The van der Waals surface area contributed by atoms with Gasteiger partial charge in [0.2, 0.25) is 0 Å². The third kappa shape index (κ3) is 4.30. The van der Waals surface area contributed by atoms with Crippen LogP contribution in [0.2, 0.25) is 0 Å². The van der Waals surface area contributed by atoms with Crippen molar-refractivity contribution < 1.29 is 9.47 Å². The number of methoxy groups -OCH3 is 1. The van der Waals surface area contributed by atoms with Crippen LogP contribution in [-0.4, -0.2) is 44.3 Å². The molecule has 4 nitrogen and oxygen atoms in total. The van der Waals surface area contributed by atoms with Crippen molar-refractivity contribution in [1.29, 1.82) is 0 Å². The molecule has 0 saturated carbocycles. The summed E-state index contributed by atoms with van der Waals surface area (Å²) in [6.45, 7) is 15.1. The number of rotatable bonds is 4. The van der Waals surface area contributed by atoms with Gasteiger partial charge < -0.3 is 9.47 Å². The molecule has 5 heteroatoms. The maximum absolute atomic E-state index is 5.93. The summed E-state index contributed by atoms with van der Waals surface area (Å²) in [5, 5.41) is 3.41. The topological polar surface area (TPSA) is 34.6 Å². The normalized spacial score (nSPS) is 17.4. The summed E-state index contributed by atoms with van der Waals surface area (Å²) >= 11 is 1.78. The van der Waals surface area contributed by atoms with Crippen LogP contribution in [0.15, 0.2) is 17.5 Å². The van der Waals surface area contributed by atoms with Gasteiger partial charge in [-0.25, -0.2) is 4.98 Å². The molecule has 1 aliphatic heterocycles. The SMILES string of the molecule is COc1c(C(C)(C)C)cc(-c2csc(C3(N(C)C)CCOCC3)n2)cc1C(C)(C)C. The zero-order valence-corrected chi connectivity index (χ0v) is 21.0. The molecule has 0 amide bonds. The van der Waals surface area contributed by atoms with Gasteiger partial charge in [0.1, 0.15) is 10.8 Å². The molecular formula is C25H38N2O2S. The van der Waals surface area contributed by atoms with Crippen molar-refractivity contribution in [3.05, 3.63) is 33.6 Å². The average Bonchev–Trinajstić information content (AvgIpc) is 3.16. The van der Waals surface area contributed by atoms with E-state index in [1.807, 2.05) is 0 Å². The van der Waals surface area contributed by atoms with Crippen molar-refractivity contribution in [2.24, 2.45) is 0 Å². The molecule has 1 aliphatic rings. The number of hydrogen-bond acceptors (Lipinski definition) is 5. The third-order valence-electron chi connectivity index (χ3n) is 6.28. The molecule has 0 unspecified atom stereocenters. The van der Waals surface area contributed by atoms with Crippen LogP contribution in [0.25, 0.3) is 11.3 Å². The number of nitrogens with zero attached hydrogens (tertiary/aromatic N) is 2. The Hall–Kier alpha value is -1.43. The summed E-state index contributed by atoms with van der Waals surface area (Å²) in [6, 6.07) is 4.55. The molecule has 3 rings (SSSR count). The van der Waals surface area contributed by atoms with Crippen LogP contribution in [0.5, 0.6) is 5.75 Å². The number of benzene rings is 1. The summed E-state index contributed by atoms with van der Waals surface area (Å²) in [6.07, 6.45) is 1.96. The Morgan fingerprint density at radius 3 is 1.97 bits per heavy atom. The lowest BCUT2D eigenvalue weighted by Gasteiger charge is -2.41. The minimum absolute atomic E-state index is 0.0221. The van der Waals surface area contributed by atoms with E-state index in [0.717, 1.165) is 37.5 Å². The minimum atomic E-state index is -0.0344. The van der Waals surface area contributed by atoms with Crippen LogP contribution in [-0.2, 0) is 21.1 Å². The maximum atomic E-state index is 5.93. The first kappa shape index (κ1) is 23.2. The van der Waals surface area contributed by atoms with E-state index in [1.165, 1.54) is 21.7 Å². The highest BCUT2D eigenvalue weighted by atomic mass is 32.1. The Balaban J connectivity index is 2.15. The minimum Gasteiger partial charge on any atom is -0.496 e. The van der Waals surface area contributed by atoms with E-state index in [0.29, 0.717) is 0 Å². The van der Waals surface area contributed by atoms with Crippen molar-refractivity contribution in [2.45, 2.75) is 70.8 Å². The number of aromatic nitrogens is 1. The molecular weight excluding hydrogens is 392 g/mol. The Kier molecular flexibility index (Phi) is 6.39. The summed E-state index contributed by atoms with van der Waals surface area (Å²) < 4.78 is 11.6. The van der Waals surface area contributed by atoms with Gasteiger partial charge >= 0.3 is 0 Å². The lowest BCUT2D eigenvalue weighted by atomic mass is 9.78. The lowest BCUT2D eigenvalue weighted by Crippen LogP contribution is -2.45. The first-order valence-corrected chi connectivity index (χ1v) is 11.7. The molecule has 1 fully saturated rings. The zero-order chi connectivity index (χ0) is 22.3. The number of thiazole rings is 1. The summed E-state index contributed by atoms with van der Waals surface area (Å²) in [5.41, 5.74) is 4.62. The highest BCUT2D eigenvalue weighted by molar-refractivity contribution is 7.10. The monoisotopic (exact) mass is 430 g/mol. The van der Waals surface area contributed by atoms with Gasteiger partial charge in [-0.1, -0.05) is 41.5 Å². The second-order valence-electron chi connectivity index (χ2n) is 10.7. The van der Waals surface area contributed by atoms with Crippen LogP contribution in [0.1, 0.15) is 70.5 Å². The molecule has 0 N–H and O–H groups in total. The van der Waals surface area contributed by atoms with Crippen molar-refractivity contribution in [3.8, 4) is 17.0 Å². The Morgan fingerprint density at radius 1 is 1.00 bits per heavy atom. The smallest absolute Gasteiger partial charge is 0.126 e. The standard InChI is InChI=1S/C25H38N2O2S/c1-23(2,3)18-14-17(15-19(21(18)28-9)24(4,5)6)20-16-30-22(26-20)25(27(7)8)10-12-29-13-11-25/h14-16H,10-13H2,1-9H3. The van der Waals surface area contributed by atoms with E-state index in [2.05, 4.69) is 78.1 Å². The fourth-order valence-corrected chi connectivity index (χ4v) is 5.46. The molecule has 0 aliphatic carbocycles. The maximum Gasteiger partial charge on any atom is 0.126 e. The Morgan fingerprint density at radius 2 is 1.53 bits per heavy atom. The molecule has 0 radical (unpaired) electrons. The van der Waals surface area contributed by atoms with E-state index in [4.69, 9.17) is 14.5 Å². The van der Waals surface area contributed by atoms with Crippen molar-refractivity contribution in [3.63, 3.8) is 0 Å². The van der Waals surface area contributed by atoms with E-state index >= 15 is 0 Å². The van der Waals surface area contributed by atoms with Crippen LogP contribution >= 0.6 is 11.3 Å². The zero-order valence-electron chi connectivity index (χ0n) is 20.2. The molecule has 1 aromatic carbocycles. The molecule has 2 aromatic rings. The first-order chi connectivity index (χ1) is 13.9. The molecule has 166 valence electrons. The molecule has 0 atom stereocenters. The first-order valence-electron chi connectivity index (χ1n) is 10.8. The van der Waals surface area contributed by atoms with Crippen LogP contribution < -0.4 is 4.74 Å². The van der Waals surface area contributed by atoms with Gasteiger partial charge in [-0.15, -0.1) is 11.3 Å². The van der Waals surface area contributed by atoms with Crippen LogP contribution in [0.4, 0.5) is 0 Å². The summed E-state index contributed by atoms with van der Waals surface area (Å²) in [4.78, 5) is 7.51. The van der Waals surface area contributed by atoms with Crippen molar-refractivity contribution in [1.82, 2.24) is 9.88 Å². The van der Waals surface area contributed by atoms with Crippen molar-refractivity contribution in [2.75, 3.05) is 34.4 Å². The van der Waals surface area contributed by atoms with Crippen molar-refractivity contribution >= 4 is 11.3 Å². The van der Waals surface area contributed by atoms with Gasteiger partial charge in [-0.2, -0.15) is 0 Å². The fourth-order valence-electron chi connectivity index (χ4n) is 4.29. The van der Waals surface area contributed by atoms with Crippen LogP contribution in [0.3, 0.4) is 0 Å². The second kappa shape index (κ2) is 8.25. The predicted molar refractivity (Wildman–Crippen MR) is 127 cm³/mol. The Labute approximate surface area is 186 Å². The van der Waals surface area contributed by atoms with E-state index in [-0.39, 0.29) is 16.4 Å². The highest BCUT2D eigenvalue weighted by Crippen LogP contribution is 2.44. The van der Waals surface area contributed by atoms with E-state index in [9.17, 15) is 0 Å². The largest absolute Gasteiger partial charge is 0.496 e. The molecule has 30 heavy (non-hydrogen) atoms. The number of hydrogen-bond donors (Lipinski definition) is 0. The second-order valence-corrected chi connectivity index (χ2v) is 11.5. The summed E-state index contributed by atoms with van der Waals surface area (Å²) in [5.74, 6) is 1.00. The van der Waals surface area contributed by atoms with Crippen LogP contribution in [0, 0.1) is 0 Å². The van der Waals surface area contributed by atoms with Gasteiger partial charge in [0.05, 0.1) is 18.3 Å². The molecule has 0 bridgehead atoms. The van der Waals surface area contributed by atoms with Gasteiger partial charge in [0, 0.05) is 35.3 Å². The molecule has 1 aromatic heterocycles. The van der Waals surface area contributed by atoms with E-state index < -0.39 is 0 Å². The number of ether oxygens (including phenoxy) is 2. The van der Waals surface area contributed by atoms with Gasteiger partial charge in [0.15, 0.2) is 0 Å². The third-order valence-corrected chi connectivity index (χ3v) is 7.32. The fraction of sp³-hybridized carbons (Fsp3) is 0.640. The Bertz CT molecular complexity index is 846. The average molecular weight is 431 g/mol. The molecule has 0 spiro atoms.